The third-order valence-corrected chi connectivity index (χ3v) is 2.32. The van der Waals surface area contributed by atoms with Gasteiger partial charge in [-0.2, -0.15) is 0 Å². The fraction of sp³-hybridized carbons (Fsp3) is 0.714. The summed E-state index contributed by atoms with van der Waals surface area (Å²) in [6.45, 7) is 5.21. The van der Waals surface area contributed by atoms with Gasteiger partial charge in [-0.05, 0) is 11.8 Å². The molecule has 0 aromatic heterocycles. The van der Waals surface area contributed by atoms with Gasteiger partial charge in [0.15, 0.2) is 6.54 Å². The first-order valence-corrected chi connectivity index (χ1v) is 4.35. The molecular formula is C7H13N2S+. The van der Waals surface area contributed by atoms with Gasteiger partial charge in [0.25, 0.3) is 0 Å². The fourth-order valence-corrected chi connectivity index (χ4v) is 1.57. The third-order valence-electron chi connectivity index (χ3n) is 1.22. The number of rotatable bonds is 1. The van der Waals surface area contributed by atoms with E-state index in [1.807, 2.05) is 18.8 Å². The van der Waals surface area contributed by atoms with Crippen molar-refractivity contribution in [2.75, 3.05) is 13.6 Å². The zero-order valence-electron chi connectivity index (χ0n) is 6.66. The molecular weight excluding hydrogens is 144 g/mol. The van der Waals surface area contributed by atoms with Crippen LogP contribution >= 0.6 is 11.8 Å². The highest BCUT2D eigenvalue weighted by atomic mass is 32.2. The van der Waals surface area contributed by atoms with Crippen LogP contribution in [0.3, 0.4) is 0 Å². The van der Waals surface area contributed by atoms with E-state index in [0.717, 1.165) is 11.7 Å². The van der Waals surface area contributed by atoms with Crippen molar-refractivity contribution in [1.82, 2.24) is 0 Å². The van der Waals surface area contributed by atoms with Crippen LogP contribution in [-0.4, -0.2) is 34.8 Å². The summed E-state index contributed by atoms with van der Waals surface area (Å²) in [5.74, 6) is 0. The highest BCUT2D eigenvalue weighted by Gasteiger charge is 2.17. The highest BCUT2D eigenvalue weighted by Crippen LogP contribution is 2.13. The number of thioether (sulfide) groups is 1. The van der Waals surface area contributed by atoms with Gasteiger partial charge >= 0.3 is 5.17 Å². The van der Waals surface area contributed by atoms with Gasteiger partial charge in [0.2, 0.25) is 0 Å². The SMILES string of the molecule is CC(C)SC1=NCC=[N+]1C. The van der Waals surface area contributed by atoms with Gasteiger partial charge in [0.05, 0.1) is 7.05 Å². The zero-order valence-corrected chi connectivity index (χ0v) is 7.48. The molecule has 10 heavy (non-hydrogen) atoms. The average molecular weight is 157 g/mol. The van der Waals surface area contributed by atoms with E-state index in [1.165, 1.54) is 0 Å². The highest BCUT2D eigenvalue weighted by molar-refractivity contribution is 8.13. The molecule has 56 valence electrons. The molecule has 0 radical (unpaired) electrons. The van der Waals surface area contributed by atoms with Crippen molar-refractivity contribution < 1.29 is 4.58 Å². The van der Waals surface area contributed by atoms with Crippen molar-refractivity contribution in [2.45, 2.75) is 19.1 Å². The van der Waals surface area contributed by atoms with Crippen LogP contribution in [0.15, 0.2) is 4.99 Å². The van der Waals surface area contributed by atoms with Gasteiger partial charge in [-0.1, -0.05) is 18.8 Å². The molecule has 0 saturated carbocycles. The Morgan fingerprint density at radius 3 is 2.80 bits per heavy atom. The first-order valence-electron chi connectivity index (χ1n) is 3.47. The van der Waals surface area contributed by atoms with Gasteiger partial charge < -0.3 is 0 Å². The van der Waals surface area contributed by atoms with Gasteiger partial charge in [-0.15, -0.1) is 0 Å². The molecule has 2 nitrogen and oxygen atoms in total. The van der Waals surface area contributed by atoms with E-state index >= 15 is 0 Å². The molecule has 0 aromatic rings. The number of aliphatic imine (C=N–C) groups is 1. The van der Waals surface area contributed by atoms with Crippen LogP contribution in [0, 0.1) is 0 Å². The minimum absolute atomic E-state index is 0.632. The van der Waals surface area contributed by atoms with E-state index in [2.05, 4.69) is 29.6 Å². The first kappa shape index (κ1) is 7.79. The minimum atomic E-state index is 0.632. The van der Waals surface area contributed by atoms with E-state index in [0.29, 0.717) is 5.25 Å². The molecule has 0 fully saturated rings. The first-order chi connectivity index (χ1) is 4.70. The predicted molar refractivity (Wildman–Crippen MR) is 47.3 cm³/mol. The Balaban J connectivity index is 2.50. The minimum Gasteiger partial charge on any atom is -0.228 e. The Labute approximate surface area is 66.0 Å². The normalized spacial score (nSPS) is 17.6. The van der Waals surface area contributed by atoms with Crippen LogP contribution in [0.4, 0.5) is 0 Å². The van der Waals surface area contributed by atoms with Crippen molar-refractivity contribution in [2.24, 2.45) is 4.99 Å². The third kappa shape index (κ3) is 1.84. The van der Waals surface area contributed by atoms with Gasteiger partial charge in [0.1, 0.15) is 6.21 Å². The quantitative estimate of drug-likeness (QED) is 0.522. The Bertz CT molecular complexity index is 182. The lowest BCUT2D eigenvalue weighted by molar-refractivity contribution is -0.355. The molecule has 0 spiro atoms. The van der Waals surface area contributed by atoms with Gasteiger partial charge in [-0.3, -0.25) is 0 Å². The van der Waals surface area contributed by atoms with Crippen LogP contribution < -0.4 is 0 Å². The smallest absolute Gasteiger partial charge is 0.228 e. The molecule has 0 unspecified atom stereocenters. The van der Waals surface area contributed by atoms with E-state index in [1.54, 1.807) is 0 Å². The van der Waals surface area contributed by atoms with Crippen molar-refractivity contribution in [1.29, 1.82) is 0 Å². The fourth-order valence-electron chi connectivity index (χ4n) is 0.762. The Morgan fingerprint density at radius 2 is 2.40 bits per heavy atom. The summed E-state index contributed by atoms with van der Waals surface area (Å²) in [5, 5.41) is 1.78. The number of amidine groups is 1. The Morgan fingerprint density at radius 1 is 1.70 bits per heavy atom. The van der Waals surface area contributed by atoms with Crippen LogP contribution in [-0.2, 0) is 0 Å². The van der Waals surface area contributed by atoms with E-state index in [4.69, 9.17) is 0 Å². The van der Waals surface area contributed by atoms with Gasteiger partial charge in [0, 0.05) is 5.25 Å². The number of hydrogen-bond donors (Lipinski definition) is 0. The van der Waals surface area contributed by atoms with Crippen LogP contribution in [0.2, 0.25) is 0 Å². The van der Waals surface area contributed by atoms with Crippen LogP contribution in [0.25, 0.3) is 0 Å². The maximum absolute atomic E-state index is 4.31. The number of nitrogens with zero attached hydrogens (tertiary/aromatic N) is 2. The molecule has 0 aliphatic carbocycles. The molecule has 0 atom stereocenters. The molecule has 1 rings (SSSR count). The maximum Gasteiger partial charge on any atom is 0.354 e. The van der Waals surface area contributed by atoms with E-state index in [9.17, 15) is 0 Å². The lowest BCUT2D eigenvalue weighted by Crippen LogP contribution is -2.11. The molecule has 0 saturated heterocycles. The molecule has 1 aliphatic heterocycles. The molecule has 0 bridgehead atoms. The van der Waals surface area contributed by atoms with Crippen LogP contribution in [0.5, 0.6) is 0 Å². The van der Waals surface area contributed by atoms with E-state index in [-0.39, 0.29) is 0 Å². The second kappa shape index (κ2) is 3.19. The summed E-state index contributed by atoms with van der Waals surface area (Å²) < 4.78 is 2.09. The summed E-state index contributed by atoms with van der Waals surface area (Å²) >= 11 is 1.81. The molecule has 0 N–H and O–H groups in total. The second-order valence-corrected chi connectivity index (χ2v) is 4.13. The molecule has 0 aromatic carbocycles. The van der Waals surface area contributed by atoms with Crippen molar-refractivity contribution in [3.8, 4) is 0 Å². The summed E-state index contributed by atoms with van der Waals surface area (Å²) in [7, 11) is 2.04. The van der Waals surface area contributed by atoms with Crippen molar-refractivity contribution in [3.63, 3.8) is 0 Å². The Kier molecular flexibility index (Phi) is 2.49. The zero-order chi connectivity index (χ0) is 7.56. The van der Waals surface area contributed by atoms with Gasteiger partial charge in [-0.25, -0.2) is 4.58 Å². The Hall–Kier alpha value is -0.310. The summed E-state index contributed by atoms with van der Waals surface area (Å²) in [6.07, 6.45) is 2.09. The summed E-state index contributed by atoms with van der Waals surface area (Å²) in [4.78, 5) is 4.31. The summed E-state index contributed by atoms with van der Waals surface area (Å²) in [6, 6.07) is 0. The molecule has 3 heteroatoms. The van der Waals surface area contributed by atoms with Crippen LogP contribution in [0.1, 0.15) is 13.8 Å². The van der Waals surface area contributed by atoms with E-state index < -0.39 is 0 Å². The van der Waals surface area contributed by atoms with Crippen molar-refractivity contribution >= 4 is 23.1 Å². The molecule has 1 aliphatic rings. The molecule has 1 heterocycles. The lowest BCUT2D eigenvalue weighted by Gasteiger charge is -1.98. The summed E-state index contributed by atoms with van der Waals surface area (Å²) in [5.41, 5.74) is 0. The van der Waals surface area contributed by atoms with Crippen molar-refractivity contribution in [3.05, 3.63) is 0 Å². The topological polar surface area (TPSA) is 15.4 Å². The lowest BCUT2D eigenvalue weighted by atomic mass is 10.6. The largest absolute Gasteiger partial charge is 0.354 e. The maximum atomic E-state index is 4.31. The number of hydrogen-bond acceptors (Lipinski definition) is 2. The average Bonchev–Trinajstić information content (AvgIpc) is 2.15. The molecule has 0 amide bonds. The predicted octanol–water partition coefficient (Wildman–Crippen LogP) is 1.21. The second-order valence-electron chi connectivity index (χ2n) is 2.58. The monoisotopic (exact) mass is 157 g/mol. The standard InChI is InChI=1S/C7H13N2S/c1-6(2)10-7-8-4-5-9(7)3/h5-6H,4H2,1-3H3/q+1.